The summed E-state index contributed by atoms with van der Waals surface area (Å²) in [5, 5.41) is 0. The molecule has 1 aliphatic heterocycles. The fourth-order valence-corrected chi connectivity index (χ4v) is 2.55. The maximum absolute atomic E-state index is 11.1. The molecule has 0 saturated carbocycles. The predicted octanol–water partition coefficient (Wildman–Crippen LogP) is 1.65. The molecule has 0 atom stereocenters. The van der Waals surface area contributed by atoms with Crippen molar-refractivity contribution in [2.24, 2.45) is 0 Å². The first kappa shape index (κ1) is 9.61. The Morgan fingerprint density at radius 2 is 2.07 bits per heavy atom. The standard InChI is InChI=1S/C8H7ClO4S/c1-5-7(14(9,10)11)3-2-6-8(5)13-4-12-6/h2-3H,4H2,1H3. The molecule has 1 aliphatic rings. The lowest BCUT2D eigenvalue weighted by Crippen LogP contribution is -1.96. The second kappa shape index (κ2) is 3.03. The molecule has 0 spiro atoms. The molecular formula is C8H7ClO4S. The number of rotatable bonds is 1. The van der Waals surface area contributed by atoms with Crippen LogP contribution in [0.1, 0.15) is 5.56 Å². The van der Waals surface area contributed by atoms with Gasteiger partial charge in [0.2, 0.25) is 6.79 Å². The maximum atomic E-state index is 11.1. The van der Waals surface area contributed by atoms with Gasteiger partial charge in [0.05, 0.1) is 4.90 Å². The summed E-state index contributed by atoms with van der Waals surface area (Å²) < 4.78 is 32.5. The van der Waals surface area contributed by atoms with Gasteiger partial charge in [0.15, 0.2) is 11.5 Å². The van der Waals surface area contributed by atoms with Gasteiger partial charge in [-0.05, 0) is 19.1 Å². The average molecular weight is 235 g/mol. The highest BCUT2D eigenvalue weighted by atomic mass is 35.7. The van der Waals surface area contributed by atoms with Gasteiger partial charge >= 0.3 is 0 Å². The van der Waals surface area contributed by atoms with E-state index in [0.717, 1.165) is 0 Å². The summed E-state index contributed by atoms with van der Waals surface area (Å²) >= 11 is 0. The molecule has 0 bridgehead atoms. The molecule has 6 heteroatoms. The molecule has 0 amide bonds. The Morgan fingerprint density at radius 3 is 2.71 bits per heavy atom. The minimum absolute atomic E-state index is 0.0587. The number of hydrogen-bond acceptors (Lipinski definition) is 4. The third-order valence-corrected chi connectivity index (χ3v) is 3.47. The summed E-state index contributed by atoms with van der Waals surface area (Å²) in [6.07, 6.45) is 0. The van der Waals surface area contributed by atoms with Crippen LogP contribution in [-0.4, -0.2) is 15.2 Å². The number of hydrogen-bond donors (Lipinski definition) is 0. The van der Waals surface area contributed by atoms with Gasteiger partial charge in [0, 0.05) is 16.2 Å². The Hall–Kier alpha value is -0.940. The molecule has 1 aromatic carbocycles. The van der Waals surface area contributed by atoms with E-state index < -0.39 is 9.05 Å². The van der Waals surface area contributed by atoms with E-state index >= 15 is 0 Å². The fourth-order valence-electron chi connectivity index (χ4n) is 1.36. The third-order valence-electron chi connectivity index (χ3n) is 2.00. The topological polar surface area (TPSA) is 52.6 Å². The van der Waals surface area contributed by atoms with Crippen molar-refractivity contribution in [1.29, 1.82) is 0 Å². The van der Waals surface area contributed by atoms with Gasteiger partial charge in [-0.25, -0.2) is 8.42 Å². The van der Waals surface area contributed by atoms with E-state index in [1.54, 1.807) is 6.92 Å². The molecule has 0 fully saturated rings. The molecule has 0 aliphatic carbocycles. The van der Waals surface area contributed by atoms with Crippen molar-refractivity contribution in [1.82, 2.24) is 0 Å². The second-order valence-corrected chi connectivity index (χ2v) is 5.39. The van der Waals surface area contributed by atoms with Gasteiger partial charge in [-0.15, -0.1) is 0 Å². The van der Waals surface area contributed by atoms with Crippen LogP contribution in [0.2, 0.25) is 0 Å². The van der Waals surface area contributed by atoms with Crippen molar-refractivity contribution in [2.75, 3.05) is 6.79 Å². The average Bonchev–Trinajstić information content (AvgIpc) is 2.50. The number of fused-ring (bicyclic) bond motifs is 1. The van der Waals surface area contributed by atoms with Gasteiger partial charge in [-0.1, -0.05) is 0 Å². The first-order valence-corrected chi connectivity index (χ1v) is 6.15. The zero-order valence-corrected chi connectivity index (χ0v) is 8.85. The predicted molar refractivity (Wildman–Crippen MR) is 50.3 cm³/mol. The van der Waals surface area contributed by atoms with Gasteiger partial charge < -0.3 is 9.47 Å². The van der Waals surface area contributed by atoms with Crippen molar-refractivity contribution in [3.05, 3.63) is 17.7 Å². The van der Waals surface area contributed by atoms with Crippen LogP contribution < -0.4 is 9.47 Å². The smallest absolute Gasteiger partial charge is 0.261 e. The lowest BCUT2D eigenvalue weighted by Gasteiger charge is -2.04. The highest BCUT2D eigenvalue weighted by molar-refractivity contribution is 8.13. The molecule has 0 N–H and O–H groups in total. The Kier molecular flexibility index (Phi) is 2.08. The molecule has 4 nitrogen and oxygen atoms in total. The molecule has 0 saturated heterocycles. The van der Waals surface area contributed by atoms with Gasteiger partial charge in [-0.3, -0.25) is 0 Å². The number of halogens is 1. The van der Waals surface area contributed by atoms with Crippen molar-refractivity contribution in [2.45, 2.75) is 11.8 Å². The lowest BCUT2D eigenvalue weighted by molar-refractivity contribution is 0.173. The molecule has 2 rings (SSSR count). The minimum atomic E-state index is -3.72. The highest BCUT2D eigenvalue weighted by Crippen LogP contribution is 2.39. The lowest BCUT2D eigenvalue weighted by atomic mass is 10.2. The summed E-state index contributed by atoms with van der Waals surface area (Å²) in [7, 11) is 1.52. The Bertz CT molecular complexity index is 480. The molecular weight excluding hydrogens is 228 g/mol. The zero-order valence-electron chi connectivity index (χ0n) is 7.28. The number of benzene rings is 1. The van der Waals surface area contributed by atoms with Crippen LogP contribution in [0.5, 0.6) is 11.5 Å². The molecule has 1 heterocycles. The molecule has 1 aromatic rings. The van der Waals surface area contributed by atoms with Crippen molar-refractivity contribution >= 4 is 19.7 Å². The van der Waals surface area contributed by atoms with Gasteiger partial charge in [0.1, 0.15) is 0 Å². The third kappa shape index (κ3) is 1.42. The summed E-state index contributed by atoms with van der Waals surface area (Å²) in [5.41, 5.74) is 0.481. The minimum Gasteiger partial charge on any atom is -0.454 e. The van der Waals surface area contributed by atoms with Crippen LogP contribution in [0.4, 0.5) is 0 Å². The van der Waals surface area contributed by atoms with Crippen LogP contribution in [-0.2, 0) is 9.05 Å². The summed E-state index contributed by atoms with van der Waals surface area (Å²) in [6.45, 7) is 1.74. The molecule has 0 unspecified atom stereocenters. The fraction of sp³-hybridized carbons (Fsp3) is 0.250. The van der Waals surface area contributed by atoms with E-state index in [1.165, 1.54) is 12.1 Å². The highest BCUT2D eigenvalue weighted by Gasteiger charge is 2.23. The Morgan fingerprint density at radius 1 is 1.36 bits per heavy atom. The SMILES string of the molecule is Cc1c(S(=O)(=O)Cl)ccc2c1OCO2. The zero-order chi connectivity index (χ0) is 10.3. The monoisotopic (exact) mass is 234 g/mol. The molecule has 0 radical (unpaired) electrons. The first-order valence-electron chi connectivity index (χ1n) is 3.84. The summed E-state index contributed by atoms with van der Waals surface area (Å²) in [5.74, 6) is 0.998. The Balaban J connectivity index is 2.68. The quantitative estimate of drug-likeness (QED) is 0.694. The van der Waals surface area contributed by atoms with Gasteiger partial charge in [0.25, 0.3) is 9.05 Å². The van der Waals surface area contributed by atoms with E-state index in [0.29, 0.717) is 17.1 Å². The van der Waals surface area contributed by atoms with Crippen molar-refractivity contribution < 1.29 is 17.9 Å². The van der Waals surface area contributed by atoms with E-state index in [-0.39, 0.29) is 11.7 Å². The Labute approximate surface area is 85.8 Å². The molecule has 14 heavy (non-hydrogen) atoms. The summed E-state index contributed by atoms with van der Waals surface area (Å²) in [4.78, 5) is 0.0587. The van der Waals surface area contributed by atoms with Crippen molar-refractivity contribution in [3.8, 4) is 11.5 Å². The van der Waals surface area contributed by atoms with Gasteiger partial charge in [-0.2, -0.15) is 0 Å². The molecule has 0 aromatic heterocycles. The normalized spacial score (nSPS) is 14.4. The van der Waals surface area contributed by atoms with Crippen LogP contribution >= 0.6 is 10.7 Å². The van der Waals surface area contributed by atoms with E-state index in [1.807, 2.05) is 0 Å². The van der Waals surface area contributed by atoms with Crippen LogP contribution in [0.15, 0.2) is 17.0 Å². The molecule has 76 valence electrons. The van der Waals surface area contributed by atoms with Crippen LogP contribution in [0.3, 0.4) is 0 Å². The van der Waals surface area contributed by atoms with Crippen LogP contribution in [0.25, 0.3) is 0 Å². The van der Waals surface area contributed by atoms with E-state index in [9.17, 15) is 8.42 Å². The van der Waals surface area contributed by atoms with Crippen molar-refractivity contribution in [3.63, 3.8) is 0 Å². The van der Waals surface area contributed by atoms with E-state index in [4.69, 9.17) is 20.2 Å². The summed E-state index contributed by atoms with van der Waals surface area (Å²) in [6, 6.07) is 2.94. The van der Waals surface area contributed by atoms with Crippen LogP contribution in [0, 0.1) is 6.92 Å². The maximum Gasteiger partial charge on any atom is 0.261 e. The first-order chi connectivity index (χ1) is 6.50. The second-order valence-electron chi connectivity index (χ2n) is 2.86. The van der Waals surface area contributed by atoms with E-state index in [2.05, 4.69) is 0 Å². The largest absolute Gasteiger partial charge is 0.454 e. The number of ether oxygens (including phenoxy) is 2.